The number of nitrogens with zero attached hydrogens (tertiary/aromatic N) is 1. The van der Waals surface area contributed by atoms with E-state index in [1.54, 1.807) is 0 Å². The lowest BCUT2D eigenvalue weighted by molar-refractivity contribution is 0.420. The molecule has 1 aromatic heterocycles. The summed E-state index contributed by atoms with van der Waals surface area (Å²) in [7, 11) is 0. The van der Waals surface area contributed by atoms with Crippen LogP contribution in [0.4, 0.5) is 0 Å². The Morgan fingerprint density at radius 3 is 2.90 bits per heavy atom. The van der Waals surface area contributed by atoms with Crippen LogP contribution in [-0.4, -0.2) is 11.5 Å². The normalized spacial score (nSPS) is 28.5. The molecular weight excluding hydrogens is 256 g/mol. The van der Waals surface area contributed by atoms with Gasteiger partial charge in [0, 0.05) is 23.8 Å². The van der Waals surface area contributed by atoms with Gasteiger partial charge in [-0.3, -0.25) is 4.98 Å². The average molecular weight is 280 g/mol. The van der Waals surface area contributed by atoms with Crippen LogP contribution in [0.1, 0.15) is 44.2 Å². The highest BCUT2D eigenvalue weighted by molar-refractivity contribution is 5.85. The van der Waals surface area contributed by atoms with Gasteiger partial charge >= 0.3 is 0 Å². The zero-order valence-corrected chi connectivity index (χ0v) is 12.8. The average Bonchev–Trinajstić information content (AvgIpc) is 2.99. The van der Waals surface area contributed by atoms with Gasteiger partial charge in [0.2, 0.25) is 0 Å². The fraction of sp³-hybridized carbons (Fsp3) is 0.526. The summed E-state index contributed by atoms with van der Waals surface area (Å²) >= 11 is 0. The van der Waals surface area contributed by atoms with Crippen molar-refractivity contribution < 1.29 is 0 Å². The summed E-state index contributed by atoms with van der Waals surface area (Å²) in [5, 5.41) is 6.50. The summed E-state index contributed by atoms with van der Waals surface area (Å²) < 4.78 is 0. The van der Waals surface area contributed by atoms with Crippen molar-refractivity contribution >= 4 is 10.8 Å². The Kier molecular flexibility index (Phi) is 3.42. The van der Waals surface area contributed by atoms with Gasteiger partial charge in [-0.25, -0.2) is 0 Å². The molecule has 4 rings (SSSR count). The van der Waals surface area contributed by atoms with E-state index in [4.69, 9.17) is 0 Å². The molecule has 2 nitrogen and oxygen atoms in total. The van der Waals surface area contributed by atoms with Crippen LogP contribution in [0.3, 0.4) is 0 Å². The number of rotatable bonds is 5. The van der Waals surface area contributed by atoms with Crippen molar-refractivity contribution in [2.24, 2.45) is 17.8 Å². The highest BCUT2D eigenvalue weighted by atomic mass is 14.9. The van der Waals surface area contributed by atoms with Gasteiger partial charge in [0.25, 0.3) is 0 Å². The number of aromatic nitrogens is 1. The Morgan fingerprint density at radius 1 is 1.24 bits per heavy atom. The molecule has 2 saturated carbocycles. The van der Waals surface area contributed by atoms with Crippen LogP contribution in [0, 0.1) is 17.8 Å². The molecule has 0 amide bonds. The van der Waals surface area contributed by atoms with E-state index in [0.717, 1.165) is 24.3 Å². The zero-order chi connectivity index (χ0) is 14.2. The van der Waals surface area contributed by atoms with Crippen LogP contribution >= 0.6 is 0 Å². The minimum Gasteiger partial charge on any atom is -0.310 e. The molecule has 1 heterocycles. The Bertz CT molecular complexity index is 621. The fourth-order valence-electron chi connectivity index (χ4n) is 4.54. The van der Waals surface area contributed by atoms with E-state index in [1.165, 1.54) is 42.0 Å². The summed E-state index contributed by atoms with van der Waals surface area (Å²) in [5.74, 6) is 2.83. The monoisotopic (exact) mass is 280 g/mol. The summed E-state index contributed by atoms with van der Waals surface area (Å²) in [6, 6.07) is 9.41. The maximum absolute atomic E-state index is 4.27. The van der Waals surface area contributed by atoms with E-state index in [2.05, 4.69) is 41.5 Å². The molecule has 0 bridgehead atoms. The van der Waals surface area contributed by atoms with Gasteiger partial charge in [0.15, 0.2) is 0 Å². The van der Waals surface area contributed by atoms with Gasteiger partial charge in [0.1, 0.15) is 0 Å². The molecule has 0 radical (unpaired) electrons. The molecule has 2 aliphatic carbocycles. The van der Waals surface area contributed by atoms with Gasteiger partial charge in [-0.15, -0.1) is 0 Å². The summed E-state index contributed by atoms with van der Waals surface area (Å²) in [4.78, 5) is 4.27. The van der Waals surface area contributed by atoms with Crippen molar-refractivity contribution in [2.45, 2.75) is 38.6 Å². The Morgan fingerprint density at radius 2 is 2.10 bits per heavy atom. The van der Waals surface area contributed by atoms with Gasteiger partial charge in [0.05, 0.1) is 0 Å². The molecule has 2 heteroatoms. The first-order chi connectivity index (χ1) is 10.4. The summed E-state index contributed by atoms with van der Waals surface area (Å²) in [6.07, 6.45) is 9.47. The molecule has 3 unspecified atom stereocenters. The van der Waals surface area contributed by atoms with Crippen LogP contribution in [0.2, 0.25) is 0 Å². The van der Waals surface area contributed by atoms with Gasteiger partial charge in [-0.05, 0) is 60.6 Å². The molecule has 2 fully saturated rings. The molecule has 0 saturated heterocycles. The van der Waals surface area contributed by atoms with Crippen LogP contribution in [-0.2, 0) is 0 Å². The SMILES string of the molecule is CCCNC(c1cccc2cnccc12)C1C2CCCC21. The molecular formula is C19H24N2. The summed E-state index contributed by atoms with van der Waals surface area (Å²) in [5.41, 5.74) is 1.49. The van der Waals surface area contributed by atoms with Gasteiger partial charge < -0.3 is 5.32 Å². The molecule has 0 spiro atoms. The second-order valence-electron chi connectivity index (χ2n) is 6.71. The molecule has 1 N–H and O–H groups in total. The number of pyridine rings is 1. The second-order valence-corrected chi connectivity index (χ2v) is 6.71. The first kappa shape index (κ1) is 13.3. The van der Waals surface area contributed by atoms with Crippen molar-refractivity contribution in [3.05, 3.63) is 42.2 Å². The van der Waals surface area contributed by atoms with Crippen LogP contribution in [0.25, 0.3) is 10.8 Å². The van der Waals surface area contributed by atoms with Gasteiger partial charge in [-0.2, -0.15) is 0 Å². The predicted octanol–water partition coefficient (Wildman–Crippen LogP) is 4.32. The largest absolute Gasteiger partial charge is 0.310 e. The third-order valence-electron chi connectivity index (χ3n) is 5.52. The second kappa shape index (κ2) is 5.42. The molecule has 110 valence electrons. The van der Waals surface area contributed by atoms with E-state index >= 15 is 0 Å². The minimum absolute atomic E-state index is 0.534. The molecule has 1 aromatic carbocycles. The maximum Gasteiger partial charge on any atom is 0.0360 e. The van der Waals surface area contributed by atoms with Crippen LogP contribution in [0.15, 0.2) is 36.7 Å². The van der Waals surface area contributed by atoms with E-state index in [0.29, 0.717) is 6.04 Å². The molecule has 2 aromatic rings. The standard InChI is InChI=1S/C19H24N2/c1-2-10-21-19(18-15-6-4-7-16(15)18)17-8-3-5-13-12-20-11-9-14(13)17/h3,5,8-9,11-12,15-16,18-19,21H,2,4,6-7,10H2,1H3. The smallest absolute Gasteiger partial charge is 0.0360 e. The number of nitrogens with one attached hydrogen (secondary N) is 1. The van der Waals surface area contributed by atoms with E-state index in [9.17, 15) is 0 Å². The first-order valence-corrected chi connectivity index (χ1v) is 8.46. The van der Waals surface area contributed by atoms with Crippen LogP contribution < -0.4 is 5.32 Å². The predicted molar refractivity (Wildman–Crippen MR) is 87.1 cm³/mol. The van der Waals surface area contributed by atoms with E-state index < -0.39 is 0 Å². The fourth-order valence-corrected chi connectivity index (χ4v) is 4.54. The Hall–Kier alpha value is -1.41. The van der Waals surface area contributed by atoms with Crippen molar-refractivity contribution in [2.75, 3.05) is 6.54 Å². The van der Waals surface area contributed by atoms with Crippen molar-refractivity contribution in [1.29, 1.82) is 0 Å². The lowest BCUT2D eigenvalue weighted by Gasteiger charge is -2.22. The lowest BCUT2D eigenvalue weighted by atomic mass is 9.93. The molecule has 21 heavy (non-hydrogen) atoms. The molecule has 3 atom stereocenters. The minimum atomic E-state index is 0.534. The molecule has 2 aliphatic rings. The van der Waals surface area contributed by atoms with E-state index in [-0.39, 0.29) is 0 Å². The van der Waals surface area contributed by atoms with E-state index in [1.807, 2.05) is 12.4 Å². The number of hydrogen-bond acceptors (Lipinski definition) is 2. The highest BCUT2D eigenvalue weighted by Gasteiger charge is 2.56. The topological polar surface area (TPSA) is 24.9 Å². The number of hydrogen-bond donors (Lipinski definition) is 1. The third-order valence-corrected chi connectivity index (χ3v) is 5.52. The Labute approximate surface area is 127 Å². The maximum atomic E-state index is 4.27. The van der Waals surface area contributed by atoms with Crippen molar-refractivity contribution in [3.63, 3.8) is 0 Å². The zero-order valence-electron chi connectivity index (χ0n) is 12.8. The first-order valence-electron chi connectivity index (χ1n) is 8.46. The van der Waals surface area contributed by atoms with Crippen LogP contribution in [0.5, 0.6) is 0 Å². The van der Waals surface area contributed by atoms with Crippen molar-refractivity contribution in [3.8, 4) is 0 Å². The third kappa shape index (κ3) is 2.26. The lowest BCUT2D eigenvalue weighted by Crippen LogP contribution is -2.25. The quantitative estimate of drug-likeness (QED) is 0.882. The number of fused-ring (bicyclic) bond motifs is 2. The van der Waals surface area contributed by atoms with Gasteiger partial charge in [-0.1, -0.05) is 31.5 Å². The summed E-state index contributed by atoms with van der Waals surface area (Å²) in [6.45, 7) is 3.37. The Balaban J connectivity index is 1.71. The highest BCUT2D eigenvalue weighted by Crippen LogP contribution is 2.62. The molecule has 0 aliphatic heterocycles. The number of benzene rings is 1. The van der Waals surface area contributed by atoms with Crippen molar-refractivity contribution in [1.82, 2.24) is 10.3 Å².